The number of alkyl halides is 3. The molecular weight excluding hydrogens is 405 g/mol. The van der Waals surface area contributed by atoms with E-state index < -0.39 is 29.6 Å². The van der Waals surface area contributed by atoms with E-state index in [-0.39, 0.29) is 12.1 Å². The Morgan fingerprint density at radius 3 is 2.37 bits per heavy atom. The minimum absolute atomic E-state index is 0.152. The summed E-state index contributed by atoms with van der Waals surface area (Å²) in [6.07, 6.45) is -4.21. The lowest BCUT2D eigenvalue weighted by Crippen LogP contribution is -2.40. The van der Waals surface area contributed by atoms with Gasteiger partial charge in [0.05, 0.1) is 13.7 Å². The lowest BCUT2D eigenvalue weighted by atomic mass is 9.92. The monoisotopic (exact) mass is 422 g/mol. The zero-order chi connectivity index (χ0) is 22.1. The second-order valence-corrected chi connectivity index (χ2v) is 6.71. The van der Waals surface area contributed by atoms with Gasteiger partial charge < -0.3 is 14.8 Å². The van der Waals surface area contributed by atoms with Crippen LogP contribution in [0.25, 0.3) is 0 Å². The van der Waals surface area contributed by atoms with Crippen LogP contribution in [0.3, 0.4) is 0 Å². The van der Waals surface area contributed by atoms with Crippen molar-refractivity contribution in [2.75, 3.05) is 7.11 Å². The molecule has 1 heterocycles. The van der Waals surface area contributed by atoms with Crippen molar-refractivity contribution in [2.45, 2.75) is 25.4 Å². The minimum Gasteiger partial charge on any atom is -0.496 e. The highest BCUT2D eigenvalue weighted by molar-refractivity contribution is 6.07. The lowest BCUT2D eigenvalue weighted by Gasteiger charge is -2.23. The number of nitrogens with one attached hydrogen (secondary N) is 1. The van der Waals surface area contributed by atoms with E-state index in [1.165, 1.54) is 38.3 Å². The highest BCUT2D eigenvalue weighted by Crippen LogP contribution is 2.33. The van der Waals surface area contributed by atoms with Crippen molar-refractivity contribution in [3.05, 3.63) is 59.2 Å². The fraction of sp³-hybridized carbons (Fsp3) is 0.250. The molecule has 3 rings (SSSR count). The summed E-state index contributed by atoms with van der Waals surface area (Å²) in [7, 11) is 1.42. The van der Waals surface area contributed by atoms with Crippen molar-refractivity contribution in [1.29, 1.82) is 0 Å². The summed E-state index contributed by atoms with van der Waals surface area (Å²) in [5.41, 5.74) is -0.403. The summed E-state index contributed by atoms with van der Waals surface area (Å²) in [5, 5.41) is 2.56. The Bertz CT molecular complexity index is 991. The fourth-order valence-electron chi connectivity index (χ4n) is 3.19. The maximum atomic E-state index is 13.0. The van der Waals surface area contributed by atoms with Crippen molar-refractivity contribution in [3.63, 3.8) is 0 Å². The van der Waals surface area contributed by atoms with Crippen LogP contribution in [-0.2, 0) is 16.9 Å². The van der Waals surface area contributed by atoms with Gasteiger partial charge in [-0.05, 0) is 42.8 Å². The third-order valence-electron chi connectivity index (χ3n) is 4.71. The van der Waals surface area contributed by atoms with Crippen LogP contribution in [-0.4, -0.2) is 36.6 Å². The molecule has 158 valence electrons. The molecule has 1 aliphatic rings. The molecule has 0 bridgehead atoms. The Labute approximate surface area is 169 Å². The molecule has 2 aromatic rings. The fourth-order valence-corrected chi connectivity index (χ4v) is 3.19. The van der Waals surface area contributed by atoms with Gasteiger partial charge in [-0.2, -0.15) is 0 Å². The lowest BCUT2D eigenvalue weighted by molar-refractivity contribution is -0.274. The van der Waals surface area contributed by atoms with E-state index in [1.807, 2.05) is 0 Å². The Balaban J connectivity index is 1.86. The number of imide groups is 1. The number of amides is 3. The highest BCUT2D eigenvalue weighted by atomic mass is 19.4. The summed E-state index contributed by atoms with van der Waals surface area (Å²) in [6.45, 7) is 1.30. The number of urea groups is 1. The van der Waals surface area contributed by atoms with E-state index in [4.69, 9.17) is 4.74 Å². The van der Waals surface area contributed by atoms with E-state index in [1.54, 1.807) is 6.07 Å². The van der Waals surface area contributed by atoms with Crippen LogP contribution in [0.2, 0.25) is 0 Å². The standard InChI is InChI=1S/C20H17F3N2O5/c1-19(14-4-6-15(7-5-14)30-20(21,22)23)17(27)25(18(28)24-19)10-13-9-12(11-26)3-8-16(13)29-2/h3-9,11H,10H2,1-2H3,(H,24,28). The molecule has 1 atom stereocenters. The van der Waals surface area contributed by atoms with Gasteiger partial charge in [-0.1, -0.05) is 12.1 Å². The molecule has 1 unspecified atom stereocenters. The predicted octanol–water partition coefficient (Wildman–Crippen LogP) is 3.37. The second-order valence-electron chi connectivity index (χ2n) is 6.71. The molecule has 2 aromatic carbocycles. The molecule has 0 aromatic heterocycles. The molecule has 0 radical (unpaired) electrons. The van der Waals surface area contributed by atoms with Crippen LogP contribution in [0.1, 0.15) is 28.4 Å². The zero-order valence-electron chi connectivity index (χ0n) is 15.9. The van der Waals surface area contributed by atoms with Gasteiger partial charge in [-0.25, -0.2) is 4.79 Å². The number of halogens is 3. The molecule has 1 aliphatic heterocycles. The topological polar surface area (TPSA) is 84.9 Å². The third kappa shape index (κ3) is 4.07. The van der Waals surface area contributed by atoms with Crippen molar-refractivity contribution >= 4 is 18.2 Å². The number of nitrogens with zero attached hydrogens (tertiary/aromatic N) is 1. The molecular formula is C20H17F3N2O5. The minimum atomic E-state index is -4.84. The summed E-state index contributed by atoms with van der Waals surface area (Å²) >= 11 is 0. The van der Waals surface area contributed by atoms with Crippen LogP contribution in [0, 0.1) is 0 Å². The number of rotatable bonds is 6. The van der Waals surface area contributed by atoms with Gasteiger partial charge in [0.2, 0.25) is 0 Å². The molecule has 1 N–H and O–H groups in total. The largest absolute Gasteiger partial charge is 0.573 e. The van der Waals surface area contributed by atoms with Crippen LogP contribution >= 0.6 is 0 Å². The summed E-state index contributed by atoms with van der Waals surface area (Å²) in [4.78, 5) is 37.5. The Hall–Kier alpha value is -3.56. The SMILES string of the molecule is COc1ccc(C=O)cc1CN1C(=O)NC(C)(c2ccc(OC(F)(F)F)cc2)C1=O. The van der Waals surface area contributed by atoms with Crippen LogP contribution in [0.5, 0.6) is 11.5 Å². The molecule has 1 saturated heterocycles. The molecule has 30 heavy (non-hydrogen) atoms. The summed E-state index contributed by atoms with van der Waals surface area (Å²) < 4.78 is 46.0. The van der Waals surface area contributed by atoms with Crippen molar-refractivity contribution in [1.82, 2.24) is 10.2 Å². The molecule has 0 spiro atoms. The van der Waals surface area contributed by atoms with Crippen molar-refractivity contribution < 1.29 is 37.0 Å². The van der Waals surface area contributed by atoms with E-state index in [2.05, 4.69) is 10.1 Å². The first-order valence-electron chi connectivity index (χ1n) is 8.70. The number of methoxy groups -OCH3 is 1. The van der Waals surface area contributed by atoms with E-state index >= 15 is 0 Å². The van der Waals surface area contributed by atoms with Gasteiger partial charge in [0.1, 0.15) is 23.3 Å². The zero-order valence-corrected chi connectivity index (χ0v) is 15.9. The second kappa shape index (κ2) is 7.69. The van der Waals surface area contributed by atoms with Gasteiger partial charge in [0, 0.05) is 11.1 Å². The van der Waals surface area contributed by atoms with Crippen molar-refractivity contribution in [2.24, 2.45) is 0 Å². The van der Waals surface area contributed by atoms with E-state index in [0.29, 0.717) is 23.2 Å². The maximum Gasteiger partial charge on any atom is 0.573 e. The first kappa shape index (κ1) is 21.2. The average molecular weight is 422 g/mol. The molecule has 10 heteroatoms. The number of hydrogen-bond donors (Lipinski definition) is 1. The van der Waals surface area contributed by atoms with Gasteiger partial charge in [-0.3, -0.25) is 14.5 Å². The molecule has 0 saturated carbocycles. The van der Waals surface area contributed by atoms with E-state index in [9.17, 15) is 27.6 Å². The first-order chi connectivity index (χ1) is 14.1. The highest BCUT2D eigenvalue weighted by Gasteiger charge is 2.49. The first-order valence-corrected chi connectivity index (χ1v) is 8.70. The van der Waals surface area contributed by atoms with Gasteiger partial charge in [0.25, 0.3) is 5.91 Å². The number of carbonyl (C=O) groups excluding carboxylic acids is 3. The number of aldehydes is 1. The number of carbonyl (C=O) groups is 3. The number of hydrogen-bond acceptors (Lipinski definition) is 5. The van der Waals surface area contributed by atoms with Gasteiger partial charge in [0.15, 0.2) is 0 Å². The van der Waals surface area contributed by atoms with Gasteiger partial charge >= 0.3 is 12.4 Å². The summed E-state index contributed by atoms with van der Waals surface area (Å²) in [6, 6.07) is 8.58. The average Bonchev–Trinajstić information content (AvgIpc) is 2.91. The van der Waals surface area contributed by atoms with Crippen LogP contribution < -0.4 is 14.8 Å². The van der Waals surface area contributed by atoms with Crippen LogP contribution in [0.4, 0.5) is 18.0 Å². The number of ether oxygens (including phenoxy) is 2. The third-order valence-corrected chi connectivity index (χ3v) is 4.71. The van der Waals surface area contributed by atoms with E-state index in [0.717, 1.165) is 17.0 Å². The molecule has 3 amide bonds. The maximum absolute atomic E-state index is 13.0. The number of benzene rings is 2. The summed E-state index contributed by atoms with van der Waals surface area (Å²) in [5.74, 6) is -0.655. The Kier molecular flexibility index (Phi) is 5.43. The van der Waals surface area contributed by atoms with Crippen LogP contribution in [0.15, 0.2) is 42.5 Å². The predicted molar refractivity (Wildman–Crippen MR) is 97.9 cm³/mol. The Morgan fingerprint density at radius 1 is 1.13 bits per heavy atom. The Morgan fingerprint density at radius 2 is 1.80 bits per heavy atom. The smallest absolute Gasteiger partial charge is 0.496 e. The quantitative estimate of drug-likeness (QED) is 0.570. The molecule has 0 aliphatic carbocycles. The molecule has 1 fully saturated rings. The van der Waals surface area contributed by atoms with Crippen molar-refractivity contribution in [3.8, 4) is 11.5 Å². The van der Waals surface area contributed by atoms with Gasteiger partial charge in [-0.15, -0.1) is 13.2 Å². The molecule has 7 nitrogen and oxygen atoms in total. The normalized spacial score (nSPS) is 18.9.